The molecule has 3 aromatic carbocycles. The molecule has 4 aromatic rings. The van der Waals surface area contributed by atoms with E-state index in [1.807, 2.05) is 24.3 Å². The number of thioether (sulfide) groups is 1. The topological polar surface area (TPSA) is 43.1 Å². The second-order valence-electron chi connectivity index (χ2n) is 5.99. The molecular weight excluding hydrogens is 347 g/mol. The fraction of sp³-hybridized carbons (Fsp3) is 0.0500. The molecule has 6 heteroatoms. The lowest BCUT2D eigenvalue weighted by Crippen LogP contribution is -2.13. The molecule has 4 nitrogen and oxygen atoms in total. The lowest BCUT2D eigenvalue weighted by Gasteiger charge is -2.14. The molecule has 0 fully saturated rings. The van der Waals surface area contributed by atoms with Crippen molar-refractivity contribution in [1.82, 2.24) is 14.9 Å². The van der Waals surface area contributed by atoms with Crippen molar-refractivity contribution < 1.29 is 4.39 Å². The summed E-state index contributed by atoms with van der Waals surface area (Å²) in [4.78, 5) is 0. The van der Waals surface area contributed by atoms with Gasteiger partial charge in [0.05, 0.1) is 5.71 Å². The van der Waals surface area contributed by atoms with E-state index in [0.29, 0.717) is 11.6 Å². The van der Waals surface area contributed by atoms with Gasteiger partial charge in [-0.15, -0.1) is 10.2 Å². The van der Waals surface area contributed by atoms with Gasteiger partial charge in [0.15, 0.2) is 5.82 Å². The molecule has 0 spiro atoms. The Balaban J connectivity index is 1.67. The number of aromatic nitrogens is 3. The Morgan fingerprint density at radius 2 is 1.69 bits per heavy atom. The summed E-state index contributed by atoms with van der Waals surface area (Å²) >= 11 is 1.58. The van der Waals surface area contributed by atoms with Crippen molar-refractivity contribution in [2.75, 3.05) is 5.75 Å². The molecule has 0 bridgehead atoms. The molecule has 1 aliphatic heterocycles. The molecule has 0 N–H and O–H groups in total. The van der Waals surface area contributed by atoms with Crippen LogP contribution in [0.2, 0.25) is 0 Å². The van der Waals surface area contributed by atoms with E-state index in [0.717, 1.165) is 32.8 Å². The van der Waals surface area contributed by atoms with Crippen molar-refractivity contribution in [3.8, 4) is 11.4 Å². The summed E-state index contributed by atoms with van der Waals surface area (Å²) in [7, 11) is 0. The average Bonchev–Trinajstić information content (AvgIpc) is 3.11. The van der Waals surface area contributed by atoms with E-state index in [-0.39, 0.29) is 5.82 Å². The molecule has 0 saturated carbocycles. The zero-order chi connectivity index (χ0) is 17.5. The average molecular weight is 360 g/mol. The van der Waals surface area contributed by atoms with Crippen LogP contribution in [-0.2, 0) is 0 Å². The van der Waals surface area contributed by atoms with Crippen molar-refractivity contribution in [2.24, 2.45) is 5.10 Å². The smallest absolute Gasteiger partial charge is 0.207 e. The van der Waals surface area contributed by atoms with E-state index < -0.39 is 0 Å². The lowest BCUT2D eigenvalue weighted by atomic mass is 10.0. The zero-order valence-corrected chi connectivity index (χ0v) is 14.4. The van der Waals surface area contributed by atoms with Gasteiger partial charge in [-0.05, 0) is 28.5 Å². The van der Waals surface area contributed by atoms with Crippen molar-refractivity contribution in [2.45, 2.75) is 5.16 Å². The minimum atomic E-state index is -0.251. The number of nitrogens with zero attached hydrogens (tertiary/aromatic N) is 4. The van der Waals surface area contributed by atoms with Gasteiger partial charge in [0.25, 0.3) is 0 Å². The Hall–Kier alpha value is -2.99. The van der Waals surface area contributed by atoms with E-state index in [4.69, 9.17) is 5.10 Å². The highest BCUT2D eigenvalue weighted by Crippen LogP contribution is 2.32. The molecule has 126 valence electrons. The summed E-state index contributed by atoms with van der Waals surface area (Å²) in [5, 5.41) is 16.4. The third-order valence-corrected chi connectivity index (χ3v) is 5.31. The minimum absolute atomic E-state index is 0.251. The number of fused-ring (bicyclic) bond motifs is 2. The third-order valence-electron chi connectivity index (χ3n) is 4.38. The van der Waals surface area contributed by atoms with E-state index in [2.05, 4.69) is 28.4 Å². The molecule has 1 aromatic heterocycles. The zero-order valence-electron chi connectivity index (χ0n) is 13.6. The summed E-state index contributed by atoms with van der Waals surface area (Å²) in [5.41, 5.74) is 2.78. The highest BCUT2D eigenvalue weighted by Gasteiger charge is 2.21. The first-order valence-corrected chi connectivity index (χ1v) is 9.18. The lowest BCUT2D eigenvalue weighted by molar-refractivity contribution is 0.627. The van der Waals surface area contributed by atoms with Crippen LogP contribution in [0.1, 0.15) is 5.56 Å². The molecule has 0 radical (unpaired) electrons. The third kappa shape index (κ3) is 2.50. The van der Waals surface area contributed by atoms with Crippen LogP contribution in [0.5, 0.6) is 0 Å². The van der Waals surface area contributed by atoms with Crippen LogP contribution >= 0.6 is 11.8 Å². The number of benzene rings is 3. The predicted molar refractivity (Wildman–Crippen MR) is 102 cm³/mol. The van der Waals surface area contributed by atoms with Crippen LogP contribution in [0.4, 0.5) is 4.39 Å². The molecule has 1 aliphatic rings. The largest absolute Gasteiger partial charge is 0.212 e. The fourth-order valence-corrected chi connectivity index (χ4v) is 3.94. The molecule has 0 amide bonds. The van der Waals surface area contributed by atoms with Crippen LogP contribution in [0.15, 0.2) is 77.0 Å². The van der Waals surface area contributed by atoms with Crippen LogP contribution in [0.3, 0.4) is 0 Å². The summed E-state index contributed by atoms with van der Waals surface area (Å²) < 4.78 is 15.0. The van der Waals surface area contributed by atoms with Gasteiger partial charge in [0.1, 0.15) is 5.82 Å². The standard InChI is InChI=1S/C20H13FN4S/c21-15-10-8-14(9-11-15)18-12-26-20-23-22-19(25(20)24-18)17-7-3-5-13-4-1-2-6-16(13)17/h1-11H,12H2. The molecule has 0 unspecified atom stereocenters. The van der Waals surface area contributed by atoms with Gasteiger partial charge in [-0.3, -0.25) is 0 Å². The van der Waals surface area contributed by atoms with Gasteiger partial charge in [0.2, 0.25) is 5.16 Å². The van der Waals surface area contributed by atoms with Gasteiger partial charge in [-0.1, -0.05) is 66.4 Å². The van der Waals surface area contributed by atoms with Crippen molar-refractivity contribution >= 4 is 28.2 Å². The van der Waals surface area contributed by atoms with Gasteiger partial charge < -0.3 is 0 Å². The number of halogens is 1. The number of hydrogen-bond acceptors (Lipinski definition) is 4. The van der Waals surface area contributed by atoms with Gasteiger partial charge in [0, 0.05) is 11.3 Å². The van der Waals surface area contributed by atoms with E-state index in [1.54, 1.807) is 28.6 Å². The Labute approximate surface area is 153 Å². The Morgan fingerprint density at radius 1 is 0.885 bits per heavy atom. The Morgan fingerprint density at radius 3 is 2.58 bits per heavy atom. The number of hydrogen-bond donors (Lipinski definition) is 0. The molecule has 0 atom stereocenters. The highest BCUT2D eigenvalue weighted by molar-refractivity contribution is 7.99. The summed E-state index contributed by atoms with van der Waals surface area (Å²) in [6, 6.07) is 20.7. The summed E-state index contributed by atoms with van der Waals surface area (Å²) in [6.07, 6.45) is 0. The second kappa shape index (κ2) is 6.07. The minimum Gasteiger partial charge on any atom is -0.207 e. The second-order valence-corrected chi connectivity index (χ2v) is 6.93. The van der Waals surface area contributed by atoms with E-state index >= 15 is 0 Å². The Kier molecular flexibility index (Phi) is 3.57. The molecular formula is C20H13FN4S. The molecule has 2 heterocycles. The van der Waals surface area contributed by atoms with Gasteiger partial charge in [-0.2, -0.15) is 9.78 Å². The maximum atomic E-state index is 13.2. The highest BCUT2D eigenvalue weighted by atomic mass is 32.2. The first-order valence-electron chi connectivity index (χ1n) is 8.20. The van der Waals surface area contributed by atoms with E-state index in [1.165, 1.54) is 12.1 Å². The maximum absolute atomic E-state index is 13.2. The summed E-state index contributed by atoms with van der Waals surface area (Å²) in [6.45, 7) is 0. The molecule has 5 rings (SSSR count). The number of rotatable bonds is 2. The molecule has 0 saturated heterocycles. The van der Waals surface area contributed by atoms with Crippen molar-refractivity contribution in [1.29, 1.82) is 0 Å². The first kappa shape index (κ1) is 15.3. The Bertz CT molecular complexity index is 1140. The van der Waals surface area contributed by atoms with Crippen LogP contribution < -0.4 is 0 Å². The normalized spacial score (nSPS) is 13.5. The van der Waals surface area contributed by atoms with Crippen LogP contribution in [0.25, 0.3) is 22.2 Å². The van der Waals surface area contributed by atoms with Crippen LogP contribution in [-0.4, -0.2) is 26.3 Å². The molecule has 26 heavy (non-hydrogen) atoms. The monoisotopic (exact) mass is 360 g/mol. The van der Waals surface area contributed by atoms with Crippen LogP contribution in [0, 0.1) is 5.82 Å². The molecule has 0 aliphatic carbocycles. The summed E-state index contributed by atoms with van der Waals surface area (Å²) in [5.74, 6) is 1.14. The van der Waals surface area contributed by atoms with Gasteiger partial charge in [-0.25, -0.2) is 4.39 Å². The van der Waals surface area contributed by atoms with E-state index in [9.17, 15) is 4.39 Å². The van der Waals surface area contributed by atoms with Gasteiger partial charge >= 0.3 is 0 Å². The first-order chi connectivity index (χ1) is 12.8. The fourth-order valence-electron chi connectivity index (χ4n) is 3.10. The SMILES string of the molecule is Fc1ccc(C2=Nn3c(nnc3-c3cccc4ccccc34)SC2)cc1. The maximum Gasteiger partial charge on any atom is 0.212 e. The van der Waals surface area contributed by atoms with Crippen molar-refractivity contribution in [3.05, 3.63) is 78.1 Å². The predicted octanol–water partition coefficient (Wildman–Crippen LogP) is 4.60. The quantitative estimate of drug-likeness (QED) is 0.525. The van der Waals surface area contributed by atoms with Crippen molar-refractivity contribution in [3.63, 3.8) is 0 Å².